The van der Waals surface area contributed by atoms with Gasteiger partial charge in [-0.3, -0.25) is 0 Å². The Labute approximate surface area is 94.8 Å². The maximum Gasteiger partial charge on any atom is 0.0468 e. The zero-order chi connectivity index (χ0) is 11.1. The summed E-state index contributed by atoms with van der Waals surface area (Å²) in [6, 6.07) is 0.711. The lowest BCUT2D eigenvalue weighted by Crippen LogP contribution is -2.36. The first-order valence-corrected chi connectivity index (χ1v) is 6.56. The molecule has 2 heteroatoms. The van der Waals surface area contributed by atoms with Gasteiger partial charge in [0.25, 0.3) is 0 Å². The molecule has 0 radical (unpaired) electrons. The van der Waals surface area contributed by atoms with Crippen LogP contribution in [0.25, 0.3) is 0 Å². The Morgan fingerprint density at radius 2 is 1.80 bits per heavy atom. The SMILES string of the molecule is CCC(CC)C(CC1CCOCC1)NC. The van der Waals surface area contributed by atoms with Crippen LogP contribution in [0.15, 0.2) is 0 Å². The van der Waals surface area contributed by atoms with E-state index in [0.29, 0.717) is 6.04 Å². The average Bonchev–Trinajstić information content (AvgIpc) is 2.30. The summed E-state index contributed by atoms with van der Waals surface area (Å²) in [5.41, 5.74) is 0. The van der Waals surface area contributed by atoms with Crippen molar-refractivity contribution in [3.05, 3.63) is 0 Å². The lowest BCUT2D eigenvalue weighted by Gasteiger charge is -2.30. The number of ether oxygens (including phenoxy) is 1. The summed E-state index contributed by atoms with van der Waals surface area (Å²) in [4.78, 5) is 0. The largest absolute Gasteiger partial charge is 0.381 e. The van der Waals surface area contributed by atoms with Crippen LogP contribution in [-0.4, -0.2) is 26.3 Å². The van der Waals surface area contributed by atoms with E-state index in [0.717, 1.165) is 25.0 Å². The molecule has 0 saturated carbocycles. The van der Waals surface area contributed by atoms with Crippen LogP contribution in [0, 0.1) is 11.8 Å². The van der Waals surface area contributed by atoms with E-state index in [-0.39, 0.29) is 0 Å². The molecule has 1 heterocycles. The van der Waals surface area contributed by atoms with Crippen LogP contribution in [0.3, 0.4) is 0 Å². The van der Waals surface area contributed by atoms with E-state index in [9.17, 15) is 0 Å². The Balaban J connectivity index is 2.36. The van der Waals surface area contributed by atoms with E-state index in [4.69, 9.17) is 4.74 Å². The molecule has 90 valence electrons. The zero-order valence-electron chi connectivity index (χ0n) is 10.6. The second-order valence-corrected chi connectivity index (χ2v) is 4.76. The molecule has 0 aromatic heterocycles. The second-order valence-electron chi connectivity index (χ2n) is 4.76. The molecule has 2 nitrogen and oxygen atoms in total. The fraction of sp³-hybridized carbons (Fsp3) is 1.00. The summed E-state index contributed by atoms with van der Waals surface area (Å²) in [7, 11) is 2.11. The summed E-state index contributed by atoms with van der Waals surface area (Å²) in [5.74, 6) is 1.73. The first-order valence-electron chi connectivity index (χ1n) is 6.56. The van der Waals surface area contributed by atoms with Gasteiger partial charge in [-0.2, -0.15) is 0 Å². The van der Waals surface area contributed by atoms with E-state index >= 15 is 0 Å². The topological polar surface area (TPSA) is 21.3 Å². The maximum atomic E-state index is 5.41. The highest BCUT2D eigenvalue weighted by Crippen LogP contribution is 2.25. The van der Waals surface area contributed by atoms with Gasteiger partial charge >= 0.3 is 0 Å². The quantitative estimate of drug-likeness (QED) is 0.732. The minimum absolute atomic E-state index is 0.711. The Morgan fingerprint density at radius 3 is 2.27 bits per heavy atom. The molecule has 15 heavy (non-hydrogen) atoms. The fourth-order valence-corrected chi connectivity index (χ4v) is 2.74. The number of hydrogen-bond donors (Lipinski definition) is 1. The van der Waals surface area contributed by atoms with Gasteiger partial charge in [0, 0.05) is 19.3 Å². The van der Waals surface area contributed by atoms with Gasteiger partial charge in [0.2, 0.25) is 0 Å². The Morgan fingerprint density at radius 1 is 1.20 bits per heavy atom. The summed E-state index contributed by atoms with van der Waals surface area (Å²) >= 11 is 0. The van der Waals surface area contributed by atoms with Gasteiger partial charge in [0.15, 0.2) is 0 Å². The molecule has 0 spiro atoms. The molecule has 0 aliphatic carbocycles. The third kappa shape index (κ3) is 4.12. The van der Waals surface area contributed by atoms with E-state index in [2.05, 4.69) is 26.2 Å². The molecular formula is C13H27NO. The molecular weight excluding hydrogens is 186 g/mol. The Hall–Kier alpha value is -0.0800. The first kappa shape index (κ1) is 13.0. The smallest absolute Gasteiger partial charge is 0.0468 e. The molecule has 1 rings (SSSR count). The predicted molar refractivity (Wildman–Crippen MR) is 65.1 cm³/mol. The van der Waals surface area contributed by atoms with Crippen molar-refractivity contribution in [3.8, 4) is 0 Å². The van der Waals surface area contributed by atoms with Gasteiger partial charge in [0.1, 0.15) is 0 Å². The molecule has 1 fully saturated rings. The van der Waals surface area contributed by atoms with Crippen LogP contribution in [0.5, 0.6) is 0 Å². The third-order valence-electron chi connectivity index (χ3n) is 3.92. The predicted octanol–water partition coefficient (Wildman–Crippen LogP) is 2.83. The highest BCUT2D eigenvalue weighted by atomic mass is 16.5. The number of nitrogens with one attached hydrogen (secondary N) is 1. The van der Waals surface area contributed by atoms with E-state index in [1.807, 2.05) is 0 Å². The van der Waals surface area contributed by atoms with Gasteiger partial charge in [-0.25, -0.2) is 0 Å². The van der Waals surface area contributed by atoms with Gasteiger partial charge < -0.3 is 10.1 Å². The maximum absolute atomic E-state index is 5.41. The van der Waals surface area contributed by atoms with Crippen molar-refractivity contribution >= 4 is 0 Å². The Kier molecular flexibility index (Phi) is 6.26. The van der Waals surface area contributed by atoms with Crippen molar-refractivity contribution in [1.29, 1.82) is 0 Å². The van der Waals surface area contributed by atoms with Gasteiger partial charge in [-0.1, -0.05) is 26.7 Å². The zero-order valence-corrected chi connectivity index (χ0v) is 10.6. The normalized spacial score (nSPS) is 20.8. The molecule has 0 aromatic carbocycles. The highest BCUT2D eigenvalue weighted by molar-refractivity contribution is 4.78. The molecule has 1 atom stereocenters. The summed E-state index contributed by atoms with van der Waals surface area (Å²) in [6.45, 7) is 6.57. The number of rotatable bonds is 6. The van der Waals surface area contributed by atoms with E-state index in [1.54, 1.807) is 0 Å². The van der Waals surface area contributed by atoms with E-state index < -0.39 is 0 Å². The van der Waals surface area contributed by atoms with Crippen LogP contribution in [0.4, 0.5) is 0 Å². The summed E-state index contributed by atoms with van der Waals surface area (Å²) in [6.07, 6.45) is 6.46. The highest BCUT2D eigenvalue weighted by Gasteiger charge is 2.22. The third-order valence-corrected chi connectivity index (χ3v) is 3.92. The lowest BCUT2D eigenvalue weighted by atomic mass is 9.84. The van der Waals surface area contributed by atoms with Crippen molar-refractivity contribution in [3.63, 3.8) is 0 Å². The van der Waals surface area contributed by atoms with Crippen LogP contribution >= 0.6 is 0 Å². The van der Waals surface area contributed by atoms with Gasteiger partial charge in [0.05, 0.1) is 0 Å². The molecule has 0 aromatic rings. The van der Waals surface area contributed by atoms with Gasteiger partial charge in [-0.05, 0) is 38.1 Å². The van der Waals surface area contributed by atoms with E-state index in [1.165, 1.54) is 32.1 Å². The minimum atomic E-state index is 0.711. The van der Waals surface area contributed by atoms with Crippen LogP contribution in [0.2, 0.25) is 0 Å². The Bertz CT molecular complexity index is 151. The molecule has 1 aliphatic heterocycles. The first-order chi connectivity index (χ1) is 7.31. The molecule has 1 saturated heterocycles. The molecule has 0 amide bonds. The van der Waals surface area contributed by atoms with Crippen molar-refractivity contribution in [2.75, 3.05) is 20.3 Å². The standard InChI is InChI=1S/C13H27NO/c1-4-12(5-2)13(14-3)10-11-6-8-15-9-7-11/h11-14H,4-10H2,1-3H3. The van der Waals surface area contributed by atoms with Crippen LogP contribution in [0.1, 0.15) is 46.0 Å². The van der Waals surface area contributed by atoms with Crippen molar-refractivity contribution in [2.45, 2.75) is 52.0 Å². The minimum Gasteiger partial charge on any atom is -0.381 e. The second kappa shape index (κ2) is 7.24. The summed E-state index contributed by atoms with van der Waals surface area (Å²) < 4.78 is 5.41. The number of hydrogen-bond acceptors (Lipinski definition) is 2. The van der Waals surface area contributed by atoms with Crippen LogP contribution in [-0.2, 0) is 4.74 Å². The van der Waals surface area contributed by atoms with Crippen molar-refractivity contribution in [1.82, 2.24) is 5.32 Å². The molecule has 1 aliphatic rings. The lowest BCUT2D eigenvalue weighted by molar-refractivity contribution is 0.0579. The van der Waals surface area contributed by atoms with Gasteiger partial charge in [-0.15, -0.1) is 0 Å². The molecule has 1 unspecified atom stereocenters. The average molecular weight is 213 g/mol. The van der Waals surface area contributed by atoms with Crippen molar-refractivity contribution in [2.24, 2.45) is 11.8 Å². The molecule has 1 N–H and O–H groups in total. The van der Waals surface area contributed by atoms with Crippen LogP contribution < -0.4 is 5.32 Å². The monoisotopic (exact) mass is 213 g/mol. The molecule has 0 bridgehead atoms. The summed E-state index contributed by atoms with van der Waals surface area (Å²) in [5, 5.41) is 3.51. The van der Waals surface area contributed by atoms with Crippen molar-refractivity contribution < 1.29 is 4.74 Å². The fourth-order valence-electron chi connectivity index (χ4n) is 2.74.